The summed E-state index contributed by atoms with van der Waals surface area (Å²) >= 11 is 0. The molecule has 0 radical (unpaired) electrons. The Morgan fingerprint density at radius 3 is 2.45 bits per heavy atom. The Hall–Kier alpha value is -3.73. The summed E-state index contributed by atoms with van der Waals surface area (Å²) < 4.78 is 0. The number of hydrogen-bond donors (Lipinski definition) is 1. The minimum atomic E-state index is -0.601. The zero-order valence-corrected chi connectivity index (χ0v) is 17.9. The lowest BCUT2D eigenvalue weighted by Crippen LogP contribution is -2.42. The topological polar surface area (TPSA) is 61.8 Å². The fourth-order valence-electron chi connectivity index (χ4n) is 3.78. The van der Waals surface area contributed by atoms with E-state index in [9.17, 15) is 9.59 Å². The van der Waals surface area contributed by atoms with Crippen LogP contribution in [0.5, 0.6) is 0 Å². The summed E-state index contributed by atoms with van der Waals surface area (Å²) in [6.07, 6.45) is 0. The maximum absolute atomic E-state index is 13.2. The van der Waals surface area contributed by atoms with Gasteiger partial charge in [-0.2, -0.15) is 0 Å². The lowest BCUT2D eigenvalue weighted by atomic mass is 10.0. The lowest BCUT2D eigenvalue weighted by molar-refractivity contribution is -0.122. The van der Waals surface area contributed by atoms with Crippen molar-refractivity contribution in [1.82, 2.24) is 0 Å². The molecule has 4 rings (SSSR count). The number of amides is 2. The zero-order valence-electron chi connectivity index (χ0n) is 17.9. The SMILES string of the molecule is Cc1cccc(NC(=O)CN2C(=O)[C@H](C)N=C(c3ccccc3)c3ccccc32)c1C. The summed E-state index contributed by atoms with van der Waals surface area (Å²) in [5.41, 5.74) is 6.10. The van der Waals surface area contributed by atoms with Crippen molar-refractivity contribution in [3.8, 4) is 0 Å². The van der Waals surface area contributed by atoms with Gasteiger partial charge in [0.1, 0.15) is 12.6 Å². The summed E-state index contributed by atoms with van der Waals surface area (Å²) in [5, 5.41) is 2.96. The Bertz CT molecular complexity index is 1170. The van der Waals surface area contributed by atoms with E-state index in [4.69, 9.17) is 4.99 Å². The first-order chi connectivity index (χ1) is 15.0. The average molecular weight is 412 g/mol. The number of nitrogens with one attached hydrogen (secondary N) is 1. The number of para-hydroxylation sites is 1. The predicted molar refractivity (Wildman–Crippen MR) is 125 cm³/mol. The number of anilines is 2. The van der Waals surface area contributed by atoms with Gasteiger partial charge in [-0.15, -0.1) is 0 Å². The van der Waals surface area contributed by atoms with Crippen LogP contribution in [0.1, 0.15) is 29.2 Å². The van der Waals surface area contributed by atoms with E-state index in [0.29, 0.717) is 5.69 Å². The van der Waals surface area contributed by atoms with E-state index in [0.717, 1.165) is 33.7 Å². The smallest absolute Gasteiger partial charge is 0.252 e. The van der Waals surface area contributed by atoms with Gasteiger partial charge in [-0.1, -0.05) is 60.7 Å². The third-order valence-corrected chi connectivity index (χ3v) is 5.62. The molecule has 0 bridgehead atoms. The van der Waals surface area contributed by atoms with Gasteiger partial charge in [-0.05, 0) is 44.0 Å². The van der Waals surface area contributed by atoms with Gasteiger partial charge >= 0.3 is 0 Å². The molecular weight excluding hydrogens is 386 g/mol. The van der Waals surface area contributed by atoms with E-state index >= 15 is 0 Å². The van der Waals surface area contributed by atoms with Crippen molar-refractivity contribution < 1.29 is 9.59 Å². The third kappa shape index (κ3) is 4.12. The highest BCUT2D eigenvalue weighted by atomic mass is 16.2. The first-order valence-electron chi connectivity index (χ1n) is 10.4. The molecule has 1 aliphatic heterocycles. The molecule has 0 unspecified atom stereocenters. The van der Waals surface area contributed by atoms with Crippen molar-refractivity contribution in [3.63, 3.8) is 0 Å². The van der Waals surface area contributed by atoms with Gasteiger partial charge in [-0.25, -0.2) is 0 Å². The highest BCUT2D eigenvalue weighted by Crippen LogP contribution is 2.28. The van der Waals surface area contributed by atoms with E-state index in [-0.39, 0.29) is 18.4 Å². The number of carbonyl (C=O) groups is 2. The summed E-state index contributed by atoms with van der Waals surface area (Å²) in [7, 11) is 0. The predicted octanol–water partition coefficient (Wildman–Crippen LogP) is 4.51. The van der Waals surface area contributed by atoms with Gasteiger partial charge in [0.25, 0.3) is 5.91 Å². The molecular formula is C26H25N3O2. The maximum Gasteiger partial charge on any atom is 0.252 e. The molecule has 0 saturated carbocycles. The third-order valence-electron chi connectivity index (χ3n) is 5.62. The molecule has 3 aromatic rings. The van der Waals surface area contributed by atoms with Crippen LogP contribution >= 0.6 is 0 Å². The van der Waals surface area contributed by atoms with Crippen LogP contribution in [0.3, 0.4) is 0 Å². The zero-order chi connectivity index (χ0) is 22.0. The van der Waals surface area contributed by atoms with E-state index < -0.39 is 6.04 Å². The fraction of sp³-hybridized carbons (Fsp3) is 0.192. The molecule has 0 fully saturated rings. The Kier molecular flexibility index (Phi) is 5.67. The Morgan fingerprint density at radius 2 is 1.68 bits per heavy atom. The molecule has 5 nitrogen and oxygen atoms in total. The number of rotatable bonds is 4. The normalized spacial score (nSPS) is 15.7. The number of hydrogen-bond acceptors (Lipinski definition) is 3. The van der Waals surface area contributed by atoms with Crippen LogP contribution in [-0.2, 0) is 9.59 Å². The van der Waals surface area contributed by atoms with Gasteiger partial charge in [0, 0.05) is 16.8 Å². The van der Waals surface area contributed by atoms with Crippen molar-refractivity contribution in [3.05, 3.63) is 95.1 Å². The highest BCUT2D eigenvalue weighted by Gasteiger charge is 2.30. The molecule has 1 N–H and O–H groups in total. The van der Waals surface area contributed by atoms with Crippen LogP contribution in [0.2, 0.25) is 0 Å². The number of carbonyl (C=O) groups excluding carboxylic acids is 2. The van der Waals surface area contributed by atoms with Gasteiger partial charge in [0.15, 0.2) is 0 Å². The van der Waals surface area contributed by atoms with Crippen LogP contribution in [0, 0.1) is 13.8 Å². The summed E-state index contributed by atoms with van der Waals surface area (Å²) in [4.78, 5) is 32.4. The van der Waals surface area contributed by atoms with Crippen LogP contribution in [0.25, 0.3) is 0 Å². The highest BCUT2D eigenvalue weighted by molar-refractivity contribution is 6.20. The van der Waals surface area contributed by atoms with E-state index in [1.807, 2.05) is 86.6 Å². The number of fused-ring (bicyclic) bond motifs is 1. The Labute approximate surface area is 182 Å². The number of nitrogens with zero attached hydrogens (tertiary/aromatic N) is 2. The van der Waals surface area contributed by atoms with Crippen molar-refractivity contribution in [2.45, 2.75) is 26.8 Å². The van der Waals surface area contributed by atoms with Gasteiger partial charge in [0.05, 0.1) is 11.4 Å². The molecule has 1 aliphatic rings. The summed E-state index contributed by atoms with van der Waals surface area (Å²) in [6.45, 7) is 5.67. The van der Waals surface area contributed by atoms with Crippen molar-refractivity contribution in [2.24, 2.45) is 4.99 Å². The van der Waals surface area contributed by atoms with Gasteiger partial charge < -0.3 is 10.2 Å². The minimum Gasteiger partial charge on any atom is -0.324 e. The fourth-order valence-corrected chi connectivity index (χ4v) is 3.78. The molecule has 0 aliphatic carbocycles. The molecule has 5 heteroatoms. The van der Waals surface area contributed by atoms with Crippen LogP contribution in [0.4, 0.5) is 11.4 Å². The molecule has 0 aromatic heterocycles. The van der Waals surface area contributed by atoms with E-state index in [1.54, 1.807) is 11.8 Å². The van der Waals surface area contributed by atoms with Crippen LogP contribution < -0.4 is 10.2 Å². The van der Waals surface area contributed by atoms with E-state index in [1.165, 1.54) is 0 Å². The molecule has 1 heterocycles. The van der Waals surface area contributed by atoms with Crippen molar-refractivity contribution in [2.75, 3.05) is 16.8 Å². The molecule has 0 saturated heterocycles. The number of benzodiazepines with no additional fused rings is 1. The molecule has 0 spiro atoms. The maximum atomic E-state index is 13.2. The largest absolute Gasteiger partial charge is 0.324 e. The van der Waals surface area contributed by atoms with Gasteiger partial charge in [0.2, 0.25) is 5.91 Å². The second-order valence-corrected chi connectivity index (χ2v) is 7.76. The molecule has 1 atom stereocenters. The number of aryl methyl sites for hydroxylation is 1. The van der Waals surface area contributed by atoms with Crippen molar-refractivity contribution in [1.29, 1.82) is 0 Å². The molecule has 156 valence electrons. The Balaban J connectivity index is 1.68. The summed E-state index contributed by atoms with van der Waals surface area (Å²) in [6, 6.07) is 22.6. The quantitative estimate of drug-likeness (QED) is 0.686. The van der Waals surface area contributed by atoms with Crippen molar-refractivity contribution >= 4 is 28.9 Å². The number of aliphatic imine (C=N–C) groups is 1. The molecule has 3 aromatic carbocycles. The lowest BCUT2D eigenvalue weighted by Gasteiger charge is -2.24. The first-order valence-corrected chi connectivity index (χ1v) is 10.4. The van der Waals surface area contributed by atoms with Crippen LogP contribution in [-0.4, -0.2) is 30.1 Å². The second kappa shape index (κ2) is 8.56. The monoisotopic (exact) mass is 411 g/mol. The average Bonchev–Trinajstić information content (AvgIpc) is 2.88. The summed E-state index contributed by atoms with van der Waals surface area (Å²) in [5.74, 6) is -0.443. The van der Waals surface area contributed by atoms with E-state index in [2.05, 4.69) is 5.32 Å². The standard InChI is InChI=1S/C26H25N3O2/c1-17-10-9-14-22(18(17)2)28-24(30)16-29-23-15-8-7-13-21(23)25(27-19(3)26(29)31)20-11-5-4-6-12-20/h4-15,19H,16H2,1-3H3,(H,28,30)/t19-/m0/s1. The van der Waals surface area contributed by atoms with Gasteiger partial charge in [-0.3, -0.25) is 14.6 Å². The Morgan fingerprint density at radius 1 is 0.968 bits per heavy atom. The minimum absolute atomic E-state index is 0.0782. The first kappa shape index (κ1) is 20.5. The second-order valence-electron chi connectivity index (χ2n) is 7.76. The van der Waals surface area contributed by atoms with Crippen LogP contribution in [0.15, 0.2) is 77.8 Å². The molecule has 31 heavy (non-hydrogen) atoms. The number of benzene rings is 3. The molecule has 2 amide bonds.